The summed E-state index contributed by atoms with van der Waals surface area (Å²) in [7, 11) is 0. The molecule has 1 amide bonds. The van der Waals surface area contributed by atoms with Gasteiger partial charge in [-0.05, 0) is 43.5 Å². The van der Waals surface area contributed by atoms with Crippen LogP contribution in [-0.2, 0) is 11.3 Å². The maximum Gasteiger partial charge on any atom is 0.223 e. The Morgan fingerprint density at radius 3 is 2.50 bits per heavy atom. The topological polar surface area (TPSA) is 32.3 Å². The van der Waals surface area contributed by atoms with Crippen molar-refractivity contribution in [2.75, 3.05) is 19.6 Å². The highest BCUT2D eigenvalue weighted by molar-refractivity contribution is 6.36. The van der Waals surface area contributed by atoms with Crippen LogP contribution in [0.5, 0.6) is 0 Å². The Morgan fingerprint density at radius 1 is 1.20 bits per heavy atom. The van der Waals surface area contributed by atoms with Crippen molar-refractivity contribution < 1.29 is 4.79 Å². The normalized spacial score (nSPS) is 21.7. The van der Waals surface area contributed by atoms with Crippen LogP contribution in [0.3, 0.4) is 0 Å². The molecule has 0 bridgehead atoms. The van der Waals surface area contributed by atoms with Crippen molar-refractivity contribution in [3.8, 4) is 0 Å². The van der Waals surface area contributed by atoms with Crippen LogP contribution in [-0.4, -0.2) is 30.4 Å². The molecule has 1 spiro atoms. The van der Waals surface area contributed by atoms with Gasteiger partial charge in [0.2, 0.25) is 5.91 Å². The number of rotatable bonds is 2. The highest BCUT2D eigenvalue weighted by atomic mass is 35.5. The summed E-state index contributed by atoms with van der Waals surface area (Å²) >= 11 is 12.4. The lowest BCUT2D eigenvalue weighted by Gasteiger charge is -2.33. The predicted molar refractivity (Wildman–Crippen MR) is 81.0 cm³/mol. The van der Waals surface area contributed by atoms with Gasteiger partial charge in [-0.25, -0.2) is 0 Å². The Kier molecular flexibility index (Phi) is 3.93. The maximum atomic E-state index is 12.3. The summed E-state index contributed by atoms with van der Waals surface area (Å²) in [4.78, 5) is 14.2. The molecule has 3 nitrogen and oxygen atoms in total. The standard InChI is InChI=1S/C15H18Cl2N2O/c16-12-2-1-3-13(17)11(12)9-19-10-15(8-14(19)20)4-6-18-7-5-15/h1-3,18H,4-10H2. The van der Waals surface area contributed by atoms with Crippen LogP contribution >= 0.6 is 23.2 Å². The Morgan fingerprint density at radius 2 is 1.85 bits per heavy atom. The van der Waals surface area contributed by atoms with Crippen molar-refractivity contribution in [3.05, 3.63) is 33.8 Å². The second-order valence-electron chi connectivity index (χ2n) is 5.88. The first kappa shape index (κ1) is 14.2. The SMILES string of the molecule is O=C1CC2(CCNCC2)CN1Cc1c(Cl)cccc1Cl. The number of benzene rings is 1. The van der Waals surface area contributed by atoms with Crippen molar-refractivity contribution in [3.63, 3.8) is 0 Å². The third-order valence-corrected chi connectivity index (χ3v) is 5.19. The quantitative estimate of drug-likeness (QED) is 0.910. The average molecular weight is 313 g/mol. The van der Waals surface area contributed by atoms with Gasteiger partial charge in [0.05, 0.1) is 0 Å². The summed E-state index contributed by atoms with van der Waals surface area (Å²) in [5.41, 5.74) is 1.02. The van der Waals surface area contributed by atoms with E-state index in [4.69, 9.17) is 23.2 Å². The third-order valence-electron chi connectivity index (χ3n) is 4.48. The van der Waals surface area contributed by atoms with Crippen LogP contribution in [0.4, 0.5) is 0 Å². The molecule has 1 N–H and O–H groups in total. The Bertz CT molecular complexity index is 506. The van der Waals surface area contributed by atoms with E-state index in [2.05, 4.69) is 5.32 Å². The molecule has 2 fully saturated rings. The fourth-order valence-electron chi connectivity index (χ4n) is 3.29. The summed E-state index contributed by atoms with van der Waals surface area (Å²) < 4.78 is 0. The molecule has 1 aromatic rings. The van der Waals surface area contributed by atoms with Crippen LogP contribution in [0.25, 0.3) is 0 Å². The highest BCUT2D eigenvalue weighted by Gasteiger charge is 2.43. The number of halogens is 2. The Balaban J connectivity index is 1.77. The first-order valence-corrected chi connectivity index (χ1v) is 7.77. The smallest absolute Gasteiger partial charge is 0.223 e. The molecule has 0 aliphatic carbocycles. The largest absolute Gasteiger partial charge is 0.338 e. The van der Waals surface area contributed by atoms with Gasteiger partial charge in [-0.1, -0.05) is 29.3 Å². The summed E-state index contributed by atoms with van der Waals surface area (Å²) in [6, 6.07) is 5.47. The van der Waals surface area contributed by atoms with Crippen molar-refractivity contribution in [1.82, 2.24) is 10.2 Å². The molecule has 0 unspecified atom stereocenters. The first-order chi connectivity index (χ1) is 9.60. The molecule has 5 heteroatoms. The van der Waals surface area contributed by atoms with Crippen LogP contribution in [0.2, 0.25) is 10.0 Å². The second-order valence-corrected chi connectivity index (χ2v) is 6.69. The van der Waals surface area contributed by atoms with Crippen LogP contribution in [0.1, 0.15) is 24.8 Å². The molecule has 2 aliphatic rings. The van der Waals surface area contributed by atoms with E-state index in [0.29, 0.717) is 23.0 Å². The van der Waals surface area contributed by atoms with Crippen molar-refractivity contribution >= 4 is 29.1 Å². The fraction of sp³-hybridized carbons (Fsp3) is 0.533. The third kappa shape index (κ3) is 2.67. The molecule has 0 aromatic heterocycles. The minimum Gasteiger partial charge on any atom is -0.338 e. The van der Waals surface area contributed by atoms with E-state index in [-0.39, 0.29) is 11.3 Å². The summed E-state index contributed by atoms with van der Waals surface area (Å²) in [5.74, 6) is 0.225. The lowest BCUT2D eigenvalue weighted by Crippen LogP contribution is -2.38. The van der Waals surface area contributed by atoms with E-state index in [9.17, 15) is 4.79 Å². The zero-order valence-corrected chi connectivity index (χ0v) is 12.8. The number of hydrogen-bond acceptors (Lipinski definition) is 2. The summed E-state index contributed by atoms with van der Waals surface area (Å²) in [6.07, 6.45) is 2.81. The summed E-state index contributed by atoms with van der Waals surface area (Å²) in [6.45, 7) is 3.36. The number of hydrogen-bond donors (Lipinski definition) is 1. The fourth-order valence-corrected chi connectivity index (χ4v) is 3.81. The second kappa shape index (κ2) is 5.55. The van der Waals surface area contributed by atoms with Crippen molar-refractivity contribution in [1.29, 1.82) is 0 Å². The Hall–Kier alpha value is -0.770. The number of amides is 1. The molecule has 0 radical (unpaired) electrons. The van der Waals surface area contributed by atoms with E-state index in [0.717, 1.165) is 38.0 Å². The van der Waals surface area contributed by atoms with Crippen LogP contribution in [0.15, 0.2) is 18.2 Å². The molecule has 0 saturated carbocycles. The number of nitrogens with zero attached hydrogens (tertiary/aromatic N) is 1. The van der Waals surface area contributed by atoms with Gasteiger partial charge >= 0.3 is 0 Å². The lowest BCUT2D eigenvalue weighted by molar-refractivity contribution is -0.128. The number of carbonyl (C=O) groups is 1. The predicted octanol–water partition coefficient (Wildman–Crippen LogP) is 3.10. The van der Waals surface area contributed by atoms with Gasteiger partial charge in [0.1, 0.15) is 0 Å². The summed E-state index contributed by atoms with van der Waals surface area (Å²) in [5, 5.41) is 4.63. The van der Waals surface area contributed by atoms with E-state index in [1.54, 1.807) is 0 Å². The van der Waals surface area contributed by atoms with Gasteiger partial charge in [0, 0.05) is 35.1 Å². The number of carbonyl (C=O) groups excluding carboxylic acids is 1. The molecular weight excluding hydrogens is 295 g/mol. The zero-order chi connectivity index (χ0) is 14.2. The van der Waals surface area contributed by atoms with Gasteiger partial charge in [0.15, 0.2) is 0 Å². The molecule has 20 heavy (non-hydrogen) atoms. The zero-order valence-electron chi connectivity index (χ0n) is 11.3. The number of likely N-dealkylation sites (tertiary alicyclic amines) is 1. The van der Waals surface area contributed by atoms with Gasteiger partial charge < -0.3 is 10.2 Å². The van der Waals surface area contributed by atoms with Crippen LogP contribution < -0.4 is 5.32 Å². The van der Waals surface area contributed by atoms with E-state index < -0.39 is 0 Å². The molecule has 2 aliphatic heterocycles. The minimum absolute atomic E-state index is 0.163. The van der Waals surface area contributed by atoms with Gasteiger partial charge in [-0.15, -0.1) is 0 Å². The lowest BCUT2D eigenvalue weighted by atomic mass is 9.78. The number of nitrogens with one attached hydrogen (secondary N) is 1. The minimum atomic E-state index is 0.163. The van der Waals surface area contributed by atoms with E-state index in [1.165, 1.54) is 0 Å². The van der Waals surface area contributed by atoms with Gasteiger partial charge in [-0.3, -0.25) is 4.79 Å². The number of piperidine rings is 1. The molecule has 3 rings (SSSR count). The molecule has 1 aromatic carbocycles. The molecule has 0 atom stereocenters. The van der Waals surface area contributed by atoms with Crippen molar-refractivity contribution in [2.24, 2.45) is 5.41 Å². The van der Waals surface area contributed by atoms with Crippen molar-refractivity contribution in [2.45, 2.75) is 25.8 Å². The van der Waals surface area contributed by atoms with E-state index >= 15 is 0 Å². The Labute approximate surface area is 129 Å². The van der Waals surface area contributed by atoms with Crippen LogP contribution in [0, 0.1) is 5.41 Å². The first-order valence-electron chi connectivity index (χ1n) is 7.01. The molecule has 108 valence electrons. The average Bonchev–Trinajstić information content (AvgIpc) is 2.71. The molecular formula is C15H18Cl2N2O. The maximum absolute atomic E-state index is 12.3. The highest BCUT2D eigenvalue weighted by Crippen LogP contribution is 2.40. The van der Waals surface area contributed by atoms with E-state index in [1.807, 2.05) is 23.1 Å². The molecule has 2 heterocycles. The van der Waals surface area contributed by atoms with Gasteiger partial charge in [-0.2, -0.15) is 0 Å². The van der Waals surface area contributed by atoms with Gasteiger partial charge in [0.25, 0.3) is 0 Å². The monoisotopic (exact) mass is 312 g/mol. The molecule has 2 saturated heterocycles.